The maximum atomic E-state index is 6.00. The molecule has 6 aromatic heterocycles. The van der Waals surface area contributed by atoms with Crippen LogP contribution in [0, 0.1) is 0 Å². The highest BCUT2D eigenvalue weighted by atomic mass is 14.8. The third-order valence-corrected chi connectivity index (χ3v) is 21.2. The first-order valence-corrected chi connectivity index (χ1v) is 37.4. The Balaban J connectivity index is 1.19. The highest BCUT2D eigenvalue weighted by molar-refractivity contribution is 6.04. The molecular formula is C96H106N8. The third-order valence-electron chi connectivity index (χ3n) is 21.2. The maximum absolute atomic E-state index is 6.00. The van der Waals surface area contributed by atoms with Crippen molar-refractivity contribution in [1.29, 1.82) is 0 Å². The molecule has 10 aromatic rings. The number of H-pyrrole nitrogens is 4. The Kier molecular flexibility index (Phi) is 17.0. The van der Waals surface area contributed by atoms with Crippen LogP contribution < -0.4 is 0 Å². The molecule has 4 aliphatic heterocycles. The van der Waals surface area contributed by atoms with E-state index in [0.29, 0.717) is 0 Å². The van der Waals surface area contributed by atoms with E-state index in [0.717, 1.165) is 145 Å². The summed E-state index contributed by atoms with van der Waals surface area (Å²) in [6, 6.07) is 51.0. The van der Waals surface area contributed by atoms with Crippen LogP contribution >= 0.6 is 0 Å². The first-order chi connectivity index (χ1) is 48.5. The molecular weight excluding hydrogens is 1270 g/mol. The molecule has 0 spiro atoms. The predicted octanol–water partition coefficient (Wildman–Crippen LogP) is 26.3. The Morgan fingerprint density at radius 2 is 0.442 bits per heavy atom. The molecule has 0 aliphatic carbocycles. The van der Waals surface area contributed by atoms with Crippen LogP contribution in [0.3, 0.4) is 0 Å². The van der Waals surface area contributed by atoms with E-state index in [1.807, 2.05) is 0 Å². The molecule has 0 amide bonds. The quantitative estimate of drug-likeness (QED) is 0.137. The van der Waals surface area contributed by atoms with E-state index >= 15 is 0 Å². The average Bonchev–Trinajstić information content (AvgIpc) is 1.59. The Labute approximate surface area is 617 Å². The van der Waals surface area contributed by atoms with Crippen LogP contribution in [0.2, 0.25) is 0 Å². The molecule has 4 aliphatic rings. The van der Waals surface area contributed by atoms with Crippen LogP contribution in [0.5, 0.6) is 0 Å². The molecule has 10 heterocycles. The van der Waals surface area contributed by atoms with E-state index in [9.17, 15) is 0 Å². The number of hydrogen-bond donors (Lipinski definition) is 4. The van der Waals surface area contributed by atoms with Crippen molar-refractivity contribution in [1.82, 2.24) is 39.9 Å². The van der Waals surface area contributed by atoms with E-state index in [1.165, 1.54) is 44.5 Å². The number of aromatic amines is 4. The second-order valence-electron chi connectivity index (χ2n) is 37.9. The number of benzene rings is 4. The molecule has 4 aromatic carbocycles. The fourth-order valence-electron chi connectivity index (χ4n) is 14.5. The Morgan fingerprint density at radius 3 is 0.760 bits per heavy atom. The fraction of sp³-hybridized carbons (Fsp3) is 0.333. The van der Waals surface area contributed by atoms with E-state index in [2.05, 4.69) is 368 Å². The molecule has 0 saturated heterocycles. The van der Waals surface area contributed by atoms with Gasteiger partial charge in [0, 0.05) is 77.5 Å². The van der Waals surface area contributed by atoms with Crippen molar-refractivity contribution in [2.24, 2.45) is 0 Å². The summed E-state index contributed by atoms with van der Waals surface area (Å²) in [6.07, 6.45) is 17.5. The lowest BCUT2D eigenvalue weighted by Crippen LogP contribution is -2.16. The van der Waals surface area contributed by atoms with Crippen LogP contribution in [0.15, 0.2) is 133 Å². The minimum absolute atomic E-state index is 0.115. The van der Waals surface area contributed by atoms with Gasteiger partial charge in [0.25, 0.3) is 0 Å². The lowest BCUT2D eigenvalue weighted by molar-refractivity contribution is 0.568. The number of nitrogens with zero attached hydrogens (tertiary/aromatic N) is 4. The van der Waals surface area contributed by atoms with Crippen LogP contribution in [0.4, 0.5) is 0 Å². The van der Waals surface area contributed by atoms with Gasteiger partial charge in [-0.25, -0.2) is 19.9 Å². The van der Waals surface area contributed by atoms with E-state index in [1.54, 1.807) is 0 Å². The largest absolute Gasteiger partial charge is 0.355 e. The van der Waals surface area contributed by atoms with Gasteiger partial charge >= 0.3 is 0 Å². The van der Waals surface area contributed by atoms with Gasteiger partial charge in [-0.15, -0.1) is 0 Å². The fourth-order valence-corrected chi connectivity index (χ4v) is 14.5. The highest BCUT2D eigenvalue weighted by Gasteiger charge is 2.30. The van der Waals surface area contributed by atoms with Gasteiger partial charge in [-0.05, 0) is 219 Å². The smallest absolute Gasteiger partial charge is 0.0738 e. The van der Waals surface area contributed by atoms with Gasteiger partial charge in [0.1, 0.15) is 0 Å². The SMILES string of the molecule is CC(C)(C)c1cc(-c2c3nc(cc4[nH]c(cc4-c4c5nc(c(-c6cc(C(C)(C)C)cc(C(C)(C)C)c6)c6ccc(cc7nc(c(-c8cc(C(C)(C)C)cc(C(C)(C)C)c8)c8ccc4[nH]8)C=C7)[nH]6)C=C5)c(-c4cc(C(C)(C)C)cc(C(C)(C)C)c4)c4nc(cc5ccc2[nH]5)C=C4)C=C3)cc(C(C)(C)C)c1. The summed E-state index contributed by atoms with van der Waals surface area (Å²) >= 11 is 0. The van der Waals surface area contributed by atoms with Gasteiger partial charge in [0.2, 0.25) is 0 Å². The molecule has 8 nitrogen and oxygen atoms in total. The first kappa shape index (κ1) is 71.1. The van der Waals surface area contributed by atoms with Crippen molar-refractivity contribution in [3.8, 4) is 55.6 Å². The second-order valence-corrected chi connectivity index (χ2v) is 37.9. The first-order valence-electron chi connectivity index (χ1n) is 37.4. The van der Waals surface area contributed by atoms with E-state index in [-0.39, 0.29) is 43.3 Å². The average molecular weight is 1370 g/mol. The lowest BCUT2D eigenvalue weighted by Gasteiger charge is -2.26. The van der Waals surface area contributed by atoms with Gasteiger partial charge < -0.3 is 19.9 Å². The summed E-state index contributed by atoms with van der Waals surface area (Å²) < 4.78 is 0. The van der Waals surface area contributed by atoms with Crippen LogP contribution in [-0.2, 0) is 43.3 Å². The zero-order valence-electron chi connectivity index (χ0n) is 66.1. The predicted molar refractivity (Wildman–Crippen MR) is 448 cm³/mol. The molecule has 0 atom stereocenters. The molecule has 0 unspecified atom stereocenters. The molecule has 8 heteroatoms. The Bertz CT molecular complexity index is 5470. The van der Waals surface area contributed by atoms with Crippen molar-refractivity contribution >= 4 is 92.7 Å². The van der Waals surface area contributed by atoms with Crippen molar-refractivity contribution in [3.05, 3.63) is 224 Å². The number of hydrogen-bond acceptors (Lipinski definition) is 4. The maximum Gasteiger partial charge on any atom is 0.0738 e. The minimum Gasteiger partial charge on any atom is -0.355 e. The number of nitrogens with one attached hydrogen (secondary N) is 4. The molecule has 0 saturated carbocycles. The Hall–Kier alpha value is -9.92. The summed E-state index contributed by atoms with van der Waals surface area (Å²) in [6.45, 7) is 55.5. The molecule has 530 valence electrons. The van der Waals surface area contributed by atoms with Gasteiger partial charge in [-0.3, -0.25) is 0 Å². The monoisotopic (exact) mass is 1370 g/mol. The molecule has 4 N–H and O–H groups in total. The van der Waals surface area contributed by atoms with Crippen molar-refractivity contribution in [3.63, 3.8) is 0 Å². The minimum atomic E-state index is -0.167. The van der Waals surface area contributed by atoms with Crippen molar-refractivity contribution < 1.29 is 0 Å². The molecule has 104 heavy (non-hydrogen) atoms. The number of aromatic nitrogens is 8. The molecule has 16 bridgehead atoms. The number of rotatable bonds is 5. The second kappa shape index (κ2) is 24.9. The van der Waals surface area contributed by atoms with Crippen molar-refractivity contribution in [2.45, 2.75) is 209 Å². The topological polar surface area (TPSA) is 115 Å². The zero-order chi connectivity index (χ0) is 74.5. The lowest BCUT2D eigenvalue weighted by atomic mass is 9.78. The van der Waals surface area contributed by atoms with Gasteiger partial charge in [0.05, 0.1) is 45.6 Å². The molecule has 0 radical (unpaired) electrons. The van der Waals surface area contributed by atoms with Crippen LogP contribution in [-0.4, -0.2) is 39.9 Å². The van der Waals surface area contributed by atoms with Crippen LogP contribution in [0.1, 0.15) is 256 Å². The van der Waals surface area contributed by atoms with Gasteiger partial charge in [0.15, 0.2) is 0 Å². The van der Waals surface area contributed by atoms with E-state index in [4.69, 9.17) is 19.9 Å². The summed E-state index contributed by atoms with van der Waals surface area (Å²) in [5, 5.41) is 0. The summed E-state index contributed by atoms with van der Waals surface area (Å²) in [5.74, 6) is 0. The van der Waals surface area contributed by atoms with E-state index < -0.39 is 0 Å². The molecule has 0 fully saturated rings. The zero-order valence-corrected chi connectivity index (χ0v) is 66.1. The highest BCUT2D eigenvalue weighted by Crippen LogP contribution is 2.46. The standard InChI is InChI=1S/C96H106N8/c1-89(2,3)59-39-55(40-60(47-59)90(4,5)6)84-73-30-25-67(97-73)52-70-28-33-77(100-70)87(58-45-65(95(19,20)21)50-66(46-58)96(22,23)24)83-54-72(82(104-83)53-71-29-34-74(84)101-71)88-80-37-35-78(102-80)85(56-41-61(91(7,8)9)48-62(42-56)92(10,11)12)75-31-26-68(98-75)51-69-27-32-76(99-69)86(79-36-38-81(88)103-79)57-43-63(93(13,14)15)49-64(44-57)94(16,17)18/h25-54,97-98,103-104H,1-24H3. The summed E-state index contributed by atoms with van der Waals surface area (Å²) in [7, 11) is 0. The molecule has 14 rings (SSSR count). The number of fused-ring (bicyclic) bond motifs is 16. The third kappa shape index (κ3) is 14.1. The van der Waals surface area contributed by atoms with Gasteiger partial charge in [-0.1, -0.05) is 239 Å². The van der Waals surface area contributed by atoms with Crippen molar-refractivity contribution in [2.75, 3.05) is 0 Å². The summed E-state index contributed by atoms with van der Waals surface area (Å²) in [4.78, 5) is 39.2. The Morgan fingerprint density at radius 1 is 0.202 bits per heavy atom. The van der Waals surface area contributed by atoms with Crippen LogP contribution in [0.25, 0.3) is 148 Å². The normalized spacial score (nSPS) is 13.8. The summed E-state index contributed by atoms with van der Waals surface area (Å²) in [5.41, 5.74) is 33.5. The van der Waals surface area contributed by atoms with Gasteiger partial charge in [-0.2, -0.15) is 0 Å².